The number of aromatic amines is 1. The number of H-pyrrole nitrogens is 1. The third kappa shape index (κ3) is 1.18. The van der Waals surface area contributed by atoms with E-state index < -0.39 is 5.69 Å². The summed E-state index contributed by atoms with van der Waals surface area (Å²) < 4.78 is 6.32. The number of hydrogen-bond acceptors (Lipinski definition) is 5. The number of tetrazole rings is 1. The summed E-state index contributed by atoms with van der Waals surface area (Å²) in [5.74, 6) is 0.489. The highest BCUT2D eigenvalue weighted by Crippen LogP contribution is 2.20. The molecule has 0 bridgehead atoms. The van der Waals surface area contributed by atoms with Gasteiger partial charge in [0.1, 0.15) is 5.69 Å². The molecule has 68 valence electrons. The quantitative estimate of drug-likeness (QED) is 0.765. The number of aryl methyl sites for hydroxylation is 1. The minimum atomic E-state index is -0.438. The molecular weight excluding hydrogens is 242 g/mol. The minimum Gasteiger partial charge on any atom is -0.358 e. The Balaban J connectivity index is 2.71. The van der Waals surface area contributed by atoms with E-state index in [1.807, 2.05) is 0 Å². The van der Waals surface area contributed by atoms with Gasteiger partial charge in [0, 0.05) is 0 Å². The monoisotopic (exact) mass is 245 g/mol. The standard InChI is InChI=1S/C5H4BrN5O2/c1-2-3(4(6)8-13-2)11-5(12)7-9-10-11/h1H3,(H,7,10,12). The first-order valence-corrected chi connectivity index (χ1v) is 4.12. The van der Waals surface area contributed by atoms with Crippen LogP contribution in [-0.4, -0.2) is 25.4 Å². The Bertz CT molecular complexity index is 464. The smallest absolute Gasteiger partial charge is 0.358 e. The Labute approximate surface area is 79.8 Å². The van der Waals surface area contributed by atoms with Gasteiger partial charge in [0.25, 0.3) is 0 Å². The molecular formula is C5H4BrN5O2. The lowest BCUT2D eigenvalue weighted by atomic mass is 10.4. The molecule has 0 radical (unpaired) electrons. The first-order chi connectivity index (χ1) is 6.20. The normalized spacial score (nSPS) is 10.6. The average Bonchev–Trinajstić information content (AvgIpc) is 2.60. The van der Waals surface area contributed by atoms with Gasteiger partial charge in [0.2, 0.25) is 0 Å². The molecule has 8 heteroatoms. The second-order valence-electron chi connectivity index (χ2n) is 2.30. The zero-order valence-corrected chi connectivity index (χ0v) is 8.07. The van der Waals surface area contributed by atoms with Crippen LogP contribution >= 0.6 is 15.9 Å². The van der Waals surface area contributed by atoms with Crippen LogP contribution in [0.5, 0.6) is 0 Å². The van der Waals surface area contributed by atoms with Crippen LogP contribution in [-0.2, 0) is 0 Å². The largest absolute Gasteiger partial charge is 0.366 e. The molecule has 0 aliphatic rings. The summed E-state index contributed by atoms with van der Waals surface area (Å²) in [5, 5.41) is 12.7. The van der Waals surface area contributed by atoms with Crippen LogP contribution in [0.2, 0.25) is 0 Å². The van der Waals surface area contributed by atoms with Crippen LogP contribution in [0.15, 0.2) is 13.9 Å². The van der Waals surface area contributed by atoms with E-state index in [1.165, 1.54) is 0 Å². The van der Waals surface area contributed by atoms with Crippen molar-refractivity contribution in [3.8, 4) is 5.69 Å². The van der Waals surface area contributed by atoms with Crippen LogP contribution in [0.3, 0.4) is 0 Å². The first-order valence-electron chi connectivity index (χ1n) is 3.32. The Hall–Kier alpha value is -1.44. The van der Waals surface area contributed by atoms with Gasteiger partial charge < -0.3 is 4.52 Å². The summed E-state index contributed by atoms with van der Waals surface area (Å²) in [7, 11) is 0. The van der Waals surface area contributed by atoms with Crippen LogP contribution in [0.25, 0.3) is 5.69 Å². The van der Waals surface area contributed by atoms with E-state index in [1.54, 1.807) is 6.92 Å². The molecule has 1 N–H and O–H groups in total. The zero-order chi connectivity index (χ0) is 9.42. The van der Waals surface area contributed by atoms with Gasteiger partial charge in [-0.05, 0) is 33.3 Å². The lowest BCUT2D eigenvalue weighted by Crippen LogP contribution is -2.16. The molecule has 0 amide bonds. The molecule has 2 aromatic rings. The fraction of sp³-hybridized carbons (Fsp3) is 0.200. The van der Waals surface area contributed by atoms with E-state index in [2.05, 4.69) is 36.6 Å². The van der Waals surface area contributed by atoms with Crippen molar-refractivity contribution in [2.24, 2.45) is 0 Å². The summed E-state index contributed by atoms with van der Waals surface area (Å²) in [6.45, 7) is 1.67. The zero-order valence-electron chi connectivity index (χ0n) is 6.48. The number of nitrogens with zero attached hydrogens (tertiary/aromatic N) is 4. The van der Waals surface area contributed by atoms with Crippen molar-refractivity contribution in [2.75, 3.05) is 0 Å². The average molecular weight is 246 g/mol. The Morgan fingerprint density at radius 3 is 2.85 bits per heavy atom. The highest BCUT2D eigenvalue weighted by Gasteiger charge is 2.15. The third-order valence-corrected chi connectivity index (χ3v) is 2.00. The van der Waals surface area contributed by atoms with Crippen molar-refractivity contribution >= 4 is 15.9 Å². The van der Waals surface area contributed by atoms with Crippen molar-refractivity contribution in [1.29, 1.82) is 0 Å². The molecule has 0 atom stereocenters. The summed E-state index contributed by atoms with van der Waals surface area (Å²) in [4.78, 5) is 11.1. The maximum atomic E-state index is 11.1. The number of rotatable bonds is 1. The second-order valence-corrected chi connectivity index (χ2v) is 3.05. The van der Waals surface area contributed by atoms with Gasteiger partial charge in [-0.2, -0.15) is 4.68 Å². The highest BCUT2D eigenvalue weighted by atomic mass is 79.9. The molecule has 0 aromatic carbocycles. The summed E-state index contributed by atoms with van der Waals surface area (Å²) in [6, 6.07) is 0. The predicted octanol–water partition coefficient (Wildman–Crippen LogP) is 0.0145. The number of hydrogen-bond donors (Lipinski definition) is 1. The number of nitrogens with one attached hydrogen (secondary N) is 1. The number of halogens is 1. The molecule has 0 aliphatic carbocycles. The number of aromatic nitrogens is 5. The molecule has 0 saturated heterocycles. The SMILES string of the molecule is Cc1onc(Br)c1-n1nn[nH]c1=O. The maximum Gasteiger partial charge on any atom is 0.366 e. The molecule has 0 unspecified atom stereocenters. The van der Waals surface area contributed by atoms with Gasteiger partial charge in [0.05, 0.1) is 0 Å². The molecule has 2 aromatic heterocycles. The fourth-order valence-electron chi connectivity index (χ4n) is 0.921. The van der Waals surface area contributed by atoms with Gasteiger partial charge in [-0.1, -0.05) is 5.16 Å². The Morgan fingerprint density at radius 1 is 1.62 bits per heavy atom. The third-order valence-electron chi connectivity index (χ3n) is 1.48. The summed E-state index contributed by atoms with van der Waals surface area (Å²) >= 11 is 3.13. The van der Waals surface area contributed by atoms with E-state index in [9.17, 15) is 4.79 Å². The van der Waals surface area contributed by atoms with Gasteiger partial charge in [-0.15, -0.1) is 0 Å². The molecule has 0 aliphatic heterocycles. The topological polar surface area (TPSA) is 89.6 Å². The van der Waals surface area contributed by atoms with E-state index in [0.717, 1.165) is 4.68 Å². The fourth-order valence-corrected chi connectivity index (χ4v) is 1.44. The van der Waals surface area contributed by atoms with Crippen molar-refractivity contribution in [2.45, 2.75) is 6.92 Å². The predicted molar refractivity (Wildman–Crippen MR) is 44.5 cm³/mol. The van der Waals surface area contributed by atoms with Gasteiger partial charge in [0.15, 0.2) is 10.4 Å². The van der Waals surface area contributed by atoms with Crippen molar-refractivity contribution < 1.29 is 4.52 Å². The Morgan fingerprint density at radius 2 is 2.38 bits per heavy atom. The van der Waals surface area contributed by atoms with E-state index >= 15 is 0 Å². The van der Waals surface area contributed by atoms with Gasteiger partial charge >= 0.3 is 5.69 Å². The van der Waals surface area contributed by atoms with E-state index in [-0.39, 0.29) is 0 Å². The van der Waals surface area contributed by atoms with E-state index in [0.29, 0.717) is 16.1 Å². The van der Waals surface area contributed by atoms with Crippen molar-refractivity contribution in [1.82, 2.24) is 25.4 Å². The van der Waals surface area contributed by atoms with Crippen LogP contribution < -0.4 is 5.69 Å². The molecule has 2 rings (SSSR count). The summed E-state index contributed by atoms with van der Waals surface area (Å²) in [5.41, 5.74) is 0.0192. The van der Waals surface area contributed by atoms with Crippen LogP contribution in [0, 0.1) is 6.92 Å². The van der Waals surface area contributed by atoms with Gasteiger partial charge in [-0.25, -0.2) is 9.89 Å². The lowest BCUT2D eigenvalue weighted by molar-refractivity contribution is 0.393. The molecule has 0 spiro atoms. The molecule has 0 saturated carbocycles. The lowest BCUT2D eigenvalue weighted by Gasteiger charge is -1.92. The Kier molecular flexibility index (Phi) is 1.76. The first kappa shape index (κ1) is 8.17. The van der Waals surface area contributed by atoms with Crippen LogP contribution in [0.1, 0.15) is 5.76 Å². The molecule has 2 heterocycles. The molecule has 7 nitrogen and oxygen atoms in total. The van der Waals surface area contributed by atoms with E-state index in [4.69, 9.17) is 4.52 Å². The minimum absolute atomic E-state index is 0.418. The van der Waals surface area contributed by atoms with Crippen LogP contribution in [0.4, 0.5) is 0 Å². The summed E-state index contributed by atoms with van der Waals surface area (Å²) in [6.07, 6.45) is 0. The molecule has 0 fully saturated rings. The van der Waals surface area contributed by atoms with Crippen molar-refractivity contribution in [3.05, 3.63) is 20.8 Å². The maximum absolute atomic E-state index is 11.1. The van der Waals surface area contributed by atoms with Gasteiger partial charge in [-0.3, -0.25) is 0 Å². The molecule has 13 heavy (non-hydrogen) atoms. The highest BCUT2D eigenvalue weighted by molar-refractivity contribution is 9.10. The van der Waals surface area contributed by atoms with Crippen molar-refractivity contribution in [3.63, 3.8) is 0 Å². The second kappa shape index (κ2) is 2.80.